The van der Waals surface area contributed by atoms with Gasteiger partial charge in [0.1, 0.15) is 12.2 Å². The van der Waals surface area contributed by atoms with E-state index in [1.165, 1.54) is 28.7 Å². The molecule has 5 nitrogen and oxygen atoms in total. The maximum absolute atomic E-state index is 12.8. The van der Waals surface area contributed by atoms with Crippen molar-refractivity contribution < 1.29 is 22.8 Å². The highest BCUT2D eigenvalue weighted by Crippen LogP contribution is 2.31. The highest BCUT2D eigenvalue weighted by atomic mass is 32.2. The number of nitrogens with zero attached hydrogens (tertiary/aromatic N) is 3. The van der Waals surface area contributed by atoms with Crippen LogP contribution in [-0.4, -0.2) is 52.3 Å². The molecule has 0 aromatic carbocycles. The molecule has 2 heterocycles. The van der Waals surface area contributed by atoms with E-state index in [0.29, 0.717) is 17.5 Å². The van der Waals surface area contributed by atoms with Gasteiger partial charge in [0.2, 0.25) is 11.8 Å². The number of carbonyl (C=O) groups is 2. The first-order valence-corrected chi connectivity index (χ1v) is 9.62. The number of amides is 2. The molecule has 1 aromatic rings. The molecule has 2 fully saturated rings. The number of carbonyl (C=O) groups excluding carboxylic acids is 2. The summed E-state index contributed by atoms with van der Waals surface area (Å²) in [6.45, 7) is 0.396. The standard InChI is InChI=1S/C17H20F3N3O2S/c18-17(19,20)14-9-12(5-6-21-14)23-8-7-22(10-15(23)24)16(25)11-26-13-3-1-2-4-13/h5-6,9,13H,1-4,7-8,10-11H2. The molecule has 0 radical (unpaired) electrons. The van der Waals surface area contributed by atoms with Crippen molar-refractivity contribution >= 4 is 29.3 Å². The highest BCUT2D eigenvalue weighted by molar-refractivity contribution is 8.00. The molecule has 1 aromatic heterocycles. The van der Waals surface area contributed by atoms with Crippen LogP contribution >= 0.6 is 11.8 Å². The van der Waals surface area contributed by atoms with Crippen LogP contribution in [0.15, 0.2) is 18.3 Å². The molecule has 1 aliphatic carbocycles. The Morgan fingerprint density at radius 3 is 2.65 bits per heavy atom. The van der Waals surface area contributed by atoms with Crippen molar-refractivity contribution in [3.8, 4) is 0 Å². The van der Waals surface area contributed by atoms with Gasteiger partial charge in [0, 0.05) is 30.2 Å². The van der Waals surface area contributed by atoms with Gasteiger partial charge in [0.05, 0.1) is 5.75 Å². The lowest BCUT2D eigenvalue weighted by atomic mass is 10.2. The summed E-state index contributed by atoms with van der Waals surface area (Å²) in [6, 6.07) is 2.24. The van der Waals surface area contributed by atoms with Crippen LogP contribution in [0.3, 0.4) is 0 Å². The molecular weight excluding hydrogens is 367 g/mol. The lowest BCUT2D eigenvalue weighted by molar-refractivity contribution is -0.141. The molecule has 2 aliphatic rings. The van der Waals surface area contributed by atoms with Crippen molar-refractivity contribution in [3.05, 3.63) is 24.0 Å². The van der Waals surface area contributed by atoms with Crippen molar-refractivity contribution in [2.45, 2.75) is 37.1 Å². The van der Waals surface area contributed by atoms with Crippen LogP contribution in [0.2, 0.25) is 0 Å². The minimum atomic E-state index is -4.56. The van der Waals surface area contributed by atoms with Crippen molar-refractivity contribution in [2.24, 2.45) is 0 Å². The molecule has 0 spiro atoms. The van der Waals surface area contributed by atoms with Gasteiger partial charge in [-0.15, -0.1) is 11.8 Å². The van der Waals surface area contributed by atoms with Crippen molar-refractivity contribution in [2.75, 3.05) is 30.3 Å². The van der Waals surface area contributed by atoms with Crippen LogP contribution in [0.4, 0.5) is 18.9 Å². The van der Waals surface area contributed by atoms with Crippen LogP contribution in [-0.2, 0) is 15.8 Å². The van der Waals surface area contributed by atoms with Gasteiger partial charge in [0.15, 0.2) is 0 Å². The van der Waals surface area contributed by atoms with Gasteiger partial charge < -0.3 is 9.80 Å². The van der Waals surface area contributed by atoms with Crippen molar-refractivity contribution in [1.82, 2.24) is 9.88 Å². The molecule has 0 bridgehead atoms. The molecule has 0 N–H and O–H groups in total. The van der Waals surface area contributed by atoms with E-state index < -0.39 is 11.9 Å². The summed E-state index contributed by atoms with van der Waals surface area (Å²) in [5, 5.41) is 0.522. The summed E-state index contributed by atoms with van der Waals surface area (Å²) in [4.78, 5) is 30.7. The van der Waals surface area contributed by atoms with Gasteiger partial charge >= 0.3 is 6.18 Å². The van der Waals surface area contributed by atoms with Crippen molar-refractivity contribution in [1.29, 1.82) is 0 Å². The molecule has 1 saturated heterocycles. The lowest BCUT2D eigenvalue weighted by Gasteiger charge is -2.34. The van der Waals surface area contributed by atoms with Crippen LogP contribution in [0.25, 0.3) is 0 Å². The lowest BCUT2D eigenvalue weighted by Crippen LogP contribution is -2.53. The zero-order valence-electron chi connectivity index (χ0n) is 14.2. The van der Waals surface area contributed by atoms with E-state index in [9.17, 15) is 22.8 Å². The maximum Gasteiger partial charge on any atom is 0.433 e. The summed E-state index contributed by atoms with van der Waals surface area (Å²) in [7, 11) is 0. The summed E-state index contributed by atoms with van der Waals surface area (Å²) in [6.07, 6.45) is 1.15. The van der Waals surface area contributed by atoms with E-state index in [1.54, 1.807) is 11.8 Å². The van der Waals surface area contributed by atoms with E-state index in [0.717, 1.165) is 25.1 Å². The zero-order chi connectivity index (χ0) is 18.7. The van der Waals surface area contributed by atoms with Gasteiger partial charge in [-0.3, -0.25) is 14.6 Å². The first-order chi connectivity index (χ1) is 12.3. The van der Waals surface area contributed by atoms with E-state index in [2.05, 4.69) is 4.98 Å². The average molecular weight is 387 g/mol. The summed E-state index contributed by atoms with van der Waals surface area (Å²) >= 11 is 1.64. The topological polar surface area (TPSA) is 53.5 Å². The highest BCUT2D eigenvalue weighted by Gasteiger charge is 2.34. The summed E-state index contributed by atoms with van der Waals surface area (Å²) in [5.74, 6) is -0.110. The maximum atomic E-state index is 12.8. The fraction of sp³-hybridized carbons (Fsp3) is 0.588. The molecule has 26 heavy (non-hydrogen) atoms. The number of anilines is 1. The number of hydrogen-bond acceptors (Lipinski definition) is 4. The van der Waals surface area contributed by atoms with E-state index in [-0.39, 0.29) is 30.6 Å². The van der Waals surface area contributed by atoms with Crippen LogP contribution in [0.1, 0.15) is 31.4 Å². The Morgan fingerprint density at radius 2 is 2.00 bits per heavy atom. The molecule has 9 heteroatoms. The second-order valence-corrected chi connectivity index (χ2v) is 7.76. The van der Waals surface area contributed by atoms with E-state index >= 15 is 0 Å². The SMILES string of the molecule is O=C(CSC1CCCC1)N1CCN(c2ccnc(C(F)(F)F)c2)C(=O)C1. The fourth-order valence-corrected chi connectivity index (χ4v) is 4.46. The van der Waals surface area contributed by atoms with E-state index in [4.69, 9.17) is 0 Å². The Balaban J connectivity index is 1.58. The third-order valence-electron chi connectivity index (χ3n) is 4.66. The quantitative estimate of drug-likeness (QED) is 0.797. The molecule has 3 rings (SSSR count). The third-order valence-corrected chi connectivity index (χ3v) is 6.02. The Bertz CT molecular complexity index is 677. The number of aromatic nitrogens is 1. The number of piperazine rings is 1. The van der Waals surface area contributed by atoms with Gasteiger partial charge in [-0.1, -0.05) is 12.8 Å². The fourth-order valence-electron chi connectivity index (χ4n) is 3.24. The summed E-state index contributed by atoms with van der Waals surface area (Å²) < 4.78 is 38.4. The second-order valence-electron chi connectivity index (χ2n) is 6.48. The molecule has 1 aliphatic heterocycles. The average Bonchev–Trinajstić information content (AvgIpc) is 3.12. The normalized spacial score (nSPS) is 19.3. The van der Waals surface area contributed by atoms with Crippen molar-refractivity contribution in [3.63, 3.8) is 0 Å². The smallest absolute Gasteiger partial charge is 0.331 e. The van der Waals surface area contributed by atoms with Crippen LogP contribution < -0.4 is 4.90 Å². The number of halogens is 3. The molecule has 1 saturated carbocycles. The predicted octanol–water partition coefficient (Wildman–Crippen LogP) is 2.95. The first kappa shape index (κ1) is 19.0. The second kappa shape index (κ2) is 7.85. The van der Waals surface area contributed by atoms with Gasteiger partial charge in [0.25, 0.3) is 0 Å². The minimum Gasteiger partial charge on any atom is -0.331 e. The van der Waals surface area contributed by atoms with Gasteiger partial charge in [-0.05, 0) is 25.0 Å². The largest absolute Gasteiger partial charge is 0.433 e. The van der Waals surface area contributed by atoms with Crippen LogP contribution in [0, 0.1) is 0 Å². The Morgan fingerprint density at radius 1 is 1.27 bits per heavy atom. The number of pyridine rings is 1. The summed E-state index contributed by atoms with van der Waals surface area (Å²) in [5.41, 5.74) is -0.876. The monoisotopic (exact) mass is 387 g/mol. The number of hydrogen-bond donors (Lipinski definition) is 0. The number of alkyl halides is 3. The Kier molecular flexibility index (Phi) is 5.74. The van der Waals surface area contributed by atoms with Gasteiger partial charge in [-0.25, -0.2) is 0 Å². The zero-order valence-corrected chi connectivity index (χ0v) is 15.0. The van der Waals surface area contributed by atoms with E-state index in [1.807, 2.05) is 0 Å². The number of thioether (sulfide) groups is 1. The molecule has 0 atom stereocenters. The van der Waals surface area contributed by atoms with Crippen LogP contribution in [0.5, 0.6) is 0 Å². The predicted molar refractivity (Wildman–Crippen MR) is 92.9 cm³/mol. The minimum absolute atomic E-state index is 0.0828. The molecule has 0 unspecified atom stereocenters. The van der Waals surface area contributed by atoms with Gasteiger partial charge in [-0.2, -0.15) is 13.2 Å². The first-order valence-electron chi connectivity index (χ1n) is 8.57. The number of rotatable bonds is 4. The molecule has 2 amide bonds. The molecular formula is C17H20F3N3O2S. The molecule has 142 valence electrons. The Hall–Kier alpha value is -1.77. The third kappa shape index (κ3) is 4.49. The Labute approximate surface area is 153 Å².